The van der Waals surface area contributed by atoms with Crippen LogP contribution >= 0.6 is 23.2 Å². The van der Waals surface area contributed by atoms with E-state index in [1.165, 1.54) is 14.2 Å². The second kappa shape index (κ2) is 15.1. The number of ketones is 1. The van der Waals surface area contributed by atoms with Gasteiger partial charge in [-0.25, -0.2) is 4.79 Å². The Balaban J connectivity index is 1.31. The molecule has 0 aromatic heterocycles. The maximum atomic E-state index is 14.0. The zero-order valence-electron chi connectivity index (χ0n) is 27.6. The molecular formula is C37H41Cl2N3O7. The van der Waals surface area contributed by atoms with Crippen LogP contribution in [0.15, 0.2) is 64.8 Å². The molecule has 2 aliphatic heterocycles. The Morgan fingerprint density at radius 2 is 1.47 bits per heavy atom. The van der Waals surface area contributed by atoms with Gasteiger partial charge in [-0.3, -0.25) is 24.3 Å². The van der Waals surface area contributed by atoms with Gasteiger partial charge in [0, 0.05) is 59.5 Å². The van der Waals surface area contributed by atoms with Crippen LogP contribution in [0.4, 0.5) is 0 Å². The number of nitrogens with zero attached hydrogens (tertiary/aromatic N) is 3. The molecule has 2 aromatic rings. The van der Waals surface area contributed by atoms with Crippen molar-refractivity contribution in [2.24, 2.45) is 22.7 Å². The molecule has 0 bridgehead atoms. The third-order valence-corrected chi connectivity index (χ3v) is 11.3. The lowest BCUT2D eigenvalue weighted by atomic mass is 9.73. The number of aliphatic imine (C=N–C) groups is 1. The molecule has 2 saturated carbocycles. The molecule has 0 spiro atoms. The molecule has 2 aromatic carbocycles. The lowest BCUT2D eigenvalue weighted by Crippen LogP contribution is -2.52. The number of piperazine rings is 1. The minimum atomic E-state index is -1.24. The van der Waals surface area contributed by atoms with E-state index in [2.05, 4.69) is 4.90 Å². The Kier molecular flexibility index (Phi) is 10.9. The fraction of sp³-hybridized carbons (Fsp3) is 0.486. The third kappa shape index (κ3) is 7.33. The lowest BCUT2D eigenvalue weighted by Gasteiger charge is -2.39. The number of amides is 1. The molecule has 2 aliphatic carbocycles. The van der Waals surface area contributed by atoms with Crippen molar-refractivity contribution in [2.45, 2.75) is 56.6 Å². The third-order valence-electron chi connectivity index (χ3n) is 10.7. The second-order valence-electron chi connectivity index (χ2n) is 13.4. The van der Waals surface area contributed by atoms with E-state index >= 15 is 0 Å². The van der Waals surface area contributed by atoms with Crippen molar-refractivity contribution in [3.05, 3.63) is 81.0 Å². The number of allylic oxidation sites excluding steroid dienone is 1. The highest BCUT2D eigenvalue weighted by molar-refractivity contribution is 6.36. The maximum Gasteiger partial charge on any atom is 0.336 e. The number of rotatable bonds is 9. The van der Waals surface area contributed by atoms with Crippen LogP contribution in [0.5, 0.6) is 0 Å². The number of fused-ring (bicyclic) bond motifs is 1. The minimum Gasteiger partial charge on any atom is -0.468 e. The first-order valence-corrected chi connectivity index (χ1v) is 17.5. The van der Waals surface area contributed by atoms with Gasteiger partial charge in [0.05, 0.1) is 44.4 Å². The quantitative estimate of drug-likeness (QED) is 0.282. The van der Waals surface area contributed by atoms with E-state index in [0.717, 1.165) is 38.8 Å². The van der Waals surface area contributed by atoms with Crippen molar-refractivity contribution in [3.63, 3.8) is 0 Å². The van der Waals surface area contributed by atoms with E-state index in [4.69, 9.17) is 37.7 Å². The van der Waals surface area contributed by atoms with E-state index in [0.29, 0.717) is 36.5 Å². The zero-order chi connectivity index (χ0) is 34.8. The first-order chi connectivity index (χ1) is 23.6. The SMILES string of the molecule is COC(=O)C1=C(CC(=O)c2ccccc2)N=C(CC(=O)N2CCN(C3CC4CC(O)CC4C3)CC2)C(C(=O)OC)C1c1c(Cl)cccc1Cl. The van der Waals surface area contributed by atoms with Gasteiger partial charge in [-0.1, -0.05) is 59.6 Å². The van der Waals surface area contributed by atoms with Crippen LogP contribution in [0.1, 0.15) is 60.4 Å². The summed E-state index contributed by atoms with van der Waals surface area (Å²) >= 11 is 13.4. The Labute approximate surface area is 296 Å². The summed E-state index contributed by atoms with van der Waals surface area (Å²) in [5.74, 6) is -3.31. The van der Waals surface area contributed by atoms with Crippen LogP contribution in [0, 0.1) is 17.8 Å². The monoisotopic (exact) mass is 709 g/mol. The number of esters is 2. The maximum absolute atomic E-state index is 14.0. The zero-order valence-corrected chi connectivity index (χ0v) is 29.2. The molecule has 49 heavy (non-hydrogen) atoms. The van der Waals surface area contributed by atoms with Crippen LogP contribution in [-0.4, -0.2) is 96.8 Å². The summed E-state index contributed by atoms with van der Waals surface area (Å²) in [5, 5.41) is 10.4. The smallest absolute Gasteiger partial charge is 0.336 e. The standard InChI is InChI=1S/C37H41Cl2N3O7/c1-48-36(46)33-28(19-30(44)21-7-4-3-5-8-21)40-29(34(37(47)49-2)35(33)32-26(38)9-6-10-27(32)39)20-31(45)42-13-11-41(12-14-42)24-15-22-17-25(43)18-23(22)16-24/h3-10,22-25,34-35,43H,11-20H2,1-2H3. The summed E-state index contributed by atoms with van der Waals surface area (Å²) in [6.07, 6.45) is 3.23. The molecule has 3 fully saturated rings. The van der Waals surface area contributed by atoms with Gasteiger partial charge in [-0.15, -0.1) is 0 Å². The van der Waals surface area contributed by atoms with Crippen LogP contribution in [0.3, 0.4) is 0 Å². The Morgan fingerprint density at radius 3 is 2.06 bits per heavy atom. The fourth-order valence-electron chi connectivity index (χ4n) is 8.33. The van der Waals surface area contributed by atoms with Crippen molar-refractivity contribution in [1.82, 2.24) is 9.80 Å². The molecular weight excluding hydrogens is 669 g/mol. The average molecular weight is 711 g/mol. The number of methoxy groups -OCH3 is 2. The Morgan fingerprint density at radius 1 is 0.837 bits per heavy atom. The molecule has 1 saturated heterocycles. The number of hydrogen-bond acceptors (Lipinski definition) is 9. The van der Waals surface area contributed by atoms with E-state index in [-0.39, 0.29) is 63.2 Å². The number of benzene rings is 2. The number of carbonyl (C=O) groups excluding carboxylic acids is 4. The van der Waals surface area contributed by atoms with Gasteiger partial charge in [0.1, 0.15) is 5.92 Å². The number of ether oxygens (including phenoxy) is 2. The first kappa shape index (κ1) is 35.3. The highest BCUT2D eigenvalue weighted by Gasteiger charge is 2.47. The largest absolute Gasteiger partial charge is 0.468 e. The number of carbonyl (C=O) groups is 4. The summed E-state index contributed by atoms with van der Waals surface area (Å²) in [5.41, 5.74) is 0.871. The summed E-state index contributed by atoms with van der Waals surface area (Å²) in [4.78, 5) is 63.7. The minimum absolute atomic E-state index is 0.0455. The van der Waals surface area contributed by atoms with Crippen LogP contribution in [0.25, 0.3) is 0 Å². The number of hydrogen-bond donors (Lipinski definition) is 1. The fourth-order valence-corrected chi connectivity index (χ4v) is 8.96. The predicted molar refractivity (Wildman–Crippen MR) is 185 cm³/mol. The predicted octanol–water partition coefficient (Wildman–Crippen LogP) is 5.10. The van der Waals surface area contributed by atoms with Gasteiger partial charge in [0.2, 0.25) is 5.91 Å². The van der Waals surface area contributed by atoms with E-state index in [9.17, 15) is 24.3 Å². The van der Waals surface area contributed by atoms with Gasteiger partial charge in [0.25, 0.3) is 0 Å². The molecule has 2 heterocycles. The van der Waals surface area contributed by atoms with E-state index in [1.54, 1.807) is 53.4 Å². The second-order valence-corrected chi connectivity index (χ2v) is 14.2. The molecule has 10 nitrogen and oxygen atoms in total. The average Bonchev–Trinajstić information content (AvgIpc) is 3.65. The molecule has 12 heteroatoms. The number of aliphatic hydroxyl groups is 1. The van der Waals surface area contributed by atoms with Gasteiger partial charge >= 0.3 is 11.9 Å². The lowest BCUT2D eigenvalue weighted by molar-refractivity contribution is -0.143. The van der Waals surface area contributed by atoms with E-state index in [1.807, 2.05) is 0 Å². The van der Waals surface area contributed by atoms with Crippen molar-refractivity contribution >= 4 is 52.5 Å². The highest BCUT2D eigenvalue weighted by Crippen LogP contribution is 2.47. The molecule has 0 radical (unpaired) electrons. The molecule has 6 rings (SSSR count). The van der Waals surface area contributed by atoms with Crippen molar-refractivity contribution < 1.29 is 33.8 Å². The summed E-state index contributed by atoms with van der Waals surface area (Å²) < 4.78 is 10.4. The van der Waals surface area contributed by atoms with Gasteiger partial charge in [0.15, 0.2) is 5.78 Å². The molecule has 1 N–H and O–H groups in total. The molecule has 260 valence electrons. The number of Topliss-reactive ketones (excluding diaryl/α,β-unsaturated/α-hetero) is 1. The van der Waals surface area contributed by atoms with Gasteiger partial charge < -0.3 is 19.5 Å². The number of aliphatic hydroxyl groups excluding tert-OH is 1. The topological polar surface area (TPSA) is 126 Å². The van der Waals surface area contributed by atoms with Crippen LogP contribution in [0.2, 0.25) is 10.0 Å². The Bertz CT molecular complexity index is 1640. The molecule has 1 amide bonds. The summed E-state index contributed by atoms with van der Waals surface area (Å²) in [7, 11) is 2.42. The van der Waals surface area contributed by atoms with Crippen molar-refractivity contribution in [2.75, 3.05) is 40.4 Å². The van der Waals surface area contributed by atoms with Crippen LogP contribution < -0.4 is 0 Å². The Hall–Kier alpha value is -3.57. The summed E-state index contributed by atoms with van der Waals surface area (Å²) in [6.45, 7) is 2.50. The molecule has 4 unspecified atom stereocenters. The highest BCUT2D eigenvalue weighted by atomic mass is 35.5. The van der Waals surface area contributed by atoms with Crippen molar-refractivity contribution in [1.29, 1.82) is 0 Å². The summed E-state index contributed by atoms with van der Waals surface area (Å²) in [6, 6.07) is 13.9. The van der Waals surface area contributed by atoms with Crippen molar-refractivity contribution in [3.8, 4) is 0 Å². The number of halogens is 2. The van der Waals surface area contributed by atoms with Gasteiger partial charge in [-0.2, -0.15) is 0 Å². The molecule has 4 atom stereocenters. The van der Waals surface area contributed by atoms with E-state index < -0.39 is 23.8 Å². The molecule has 4 aliphatic rings. The van der Waals surface area contributed by atoms with Crippen LogP contribution in [-0.2, 0) is 23.9 Å². The normalized spacial score (nSPS) is 27.0. The van der Waals surface area contributed by atoms with Gasteiger partial charge in [-0.05, 0) is 55.2 Å². The first-order valence-electron chi connectivity index (χ1n) is 16.8.